The lowest BCUT2D eigenvalue weighted by atomic mass is 9.97. The molecule has 1 aromatic rings. The van der Waals surface area contributed by atoms with E-state index in [2.05, 4.69) is 5.16 Å². The van der Waals surface area contributed by atoms with Crippen LogP contribution in [0.4, 0.5) is 4.39 Å². The molecule has 2 heterocycles. The second kappa shape index (κ2) is 8.29. The van der Waals surface area contributed by atoms with Gasteiger partial charge in [0.15, 0.2) is 0 Å². The summed E-state index contributed by atoms with van der Waals surface area (Å²) in [6.07, 6.45) is 1.80. The average molecular weight is 362 g/mol. The van der Waals surface area contributed by atoms with Gasteiger partial charge in [0.25, 0.3) is 5.91 Å². The summed E-state index contributed by atoms with van der Waals surface area (Å²) in [6.45, 7) is 3.10. The van der Waals surface area contributed by atoms with Crippen molar-refractivity contribution >= 4 is 17.6 Å². The molecular weight excluding hydrogens is 339 g/mol. The zero-order chi connectivity index (χ0) is 18.5. The van der Waals surface area contributed by atoms with Crippen LogP contribution in [0.25, 0.3) is 0 Å². The maximum atomic E-state index is 13.0. The first kappa shape index (κ1) is 18.4. The molecule has 0 radical (unpaired) electrons. The van der Waals surface area contributed by atoms with E-state index in [-0.39, 0.29) is 23.6 Å². The Morgan fingerprint density at radius 3 is 2.85 bits per heavy atom. The monoisotopic (exact) mass is 362 g/mol. The van der Waals surface area contributed by atoms with Gasteiger partial charge in [-0.25, -0.2) is 4.39 Å². The zero-order valence-corrected chi connectivity index (χ0v) is 14.8. The van der Waals surface area contributed by atoms with Crippen molar-refractivity contribution in [2.24, 2.45) is 11.1 Å². The van der Waals surface area contributed by atoms with Crippen LogP contribution in [-0.2, 0) is 25.6 Å². The molecule has 0 aliphatic carbocycles. The second-order valence-corrected chi connectivity index (χ2v) is 6.63. The van der Waals surface area contributed by atoms with Gasteiger partial charge in [-0.15, -0.1) is 0 Å². The molecule has 0 N–H and O–H groups in total. The van der Waals surface area contributed by atoms with Gasteiger partial charge < -0.3 is 14.5 Å². The number of amides is 1. The predicted molar refractivity (Wildman–Crippen MR) is 93.0 cm³/mol. The van der Waals surface area contributed by atoms with Crippen LogP contribution in [0.15, 0.2) is 29.4 Å². The maximum Gasteiger partial charge on any atom is 0.310 e. The zero-order valence-electron chi connectivity index (χ0n) is 14.8. The molecule has 0 aromatic heterocycles. The van der Waals surface area contributed by atoms with Gasteiger partial charge in [-0.1, -0.05) is 17.3 Å². The highest BCUT2D eigenvalue weighted by atomic mass is 19.1. The molecule has 2 aliphatic rings. The van der Waals surface area contributed by atoms with E-state index >= 15 is 0 Å². The molecule has 0 bridgehead atoms. The Morgan fingerprint density at radius 2 is 2.12 bits per heavy atom. The molecule has 26 heavy (non-hydrogen) atoms. The molecule has 1 saturated heterocycles. The fraction of sp³-hybridized carbons (Fsp3) is 0.526. The Bertz CT molecular complexity index is 689. The summed E-state index contributed by atoms with van der Waals surface area (Å²) in [5.74, 6) is -0.941. The fourth-order valence-electron chi connectivity index (χ4n) is 3.33. The van der Waals surface area contributed by atoms with E-state index in [1.165, 1.54) is 12.1 Å². The van der Waals surface area contributed by atoms with Crippen molar-refractivity contribution in [3.63, 3.8) is 0 Å². The van der Waals surface area contributed by atoms with E-state index in [0.29, 0.717) is 32.5 Å². The van der Waals surface area contributed by atoms with Crippen molar-refractivity contribution in [3.05, 3.63) is 35.6 Å². The topological polar surface area (TPSA) is 68.2 Å². The molecule has 0 spiro atoms. The van der Waals surface area contributed by atoms with Crippen LogP contribution >= 0.6 is 0 Å². The molecule has 1 aromatic carbocycles. The van der Waals surface area contributed by atoms with E-state index in [0.717, 1.165) is 24.1 Å². The third-order valence-corrected chi connectivity index (χ3v) is 4.68. The standard InChI is InChI=1S/C19H23FN2O4/c1-2-25-19(24)14-4-3-9-22(12-14)18(23)17-11-16(21-26-17)10-13-5-7-15(20)8-6-13/h5-8,14,17H,2-4,9-12H2,1H3/t14-,17+/m1/s1. The summed E-state index contributed by atoms with van der Waals surface area (Å²) in [4.78, 5) is 31.6. The number of ether oxygens (including phenoxy) is 1. The summed E-state index contributed by atoms with van der Waals surface area (Å²) in [6, 6.07) is 6.19. The highest BCUT2D eigenvalue weighted by Gasteiger charge is 2.36. The molecule has 2 aliphatic heterocycles. The Morgan fingerprint density at radius 1 is 1.35 bits per heavy atom. The number of nitrogens with zero attached hydrogens (tertiary/aromatic N) is 2. The maximum absolute atomic E-state index is 13.0. The Kier molecular flexibility index (Phi) is 5.85. The summed E-state index contributed by atoms with van der Waals surface area (Å²) < 4.78 is 18.0. The predicted octanol–water partition coefficient (Wildman–Crippen LogP) is 2.31. The largest absolute Gasteiger partial charge is 0.466 e. The lowest BCUT2D eigenvalue weighted by Crippen LogP contribution is -2.47. The van der Waals surface area contributed by atoms with Gasteiger partial charge in [-0.3, -0.25) is 9.59 Å². The molecule has 140 valence electrons. The van der Waals surface area contributed by atoms with Crippen molar-refractivity contribution in [3.8, 4) is 0 Å². The van der Waals surface area contributed by atoms with Gasteiger partial charge in [0.1, 0.15) is 5.82 Å². The molecule has 2 atom stereocenters. The summed E-state index contributed by atoms with van der Waals surface area (Å²) >= 11 is 0. The number of rotatable bonds is 5. The van der Waals surface area contributed by atoms with Crippen molar-refractivity contribution in [1.29, 1.82) is 0 Å². The SMILES string of the molecule is CCOC(=O)[C@@H]1CCCN(C(=O)[C@@H]2CC(Cc3ccc(F)cc3)=NO2)C1. The highest BCUT2D eigenvalue weighted by molar-refractivity contribution is 5.94. The minimum atomic E-state index is -0.647. The summed E-state index contributed by atoms with van der Waals surface area (Å²) in [5.41, 5.74) is 1.68. The number of carbonyl (C=O) groups excluding carboxylic acids is 2. The minimum absolute atomic E-state index is 0.142. The molecule has 1 amide bonds. The normalized spacial score (nSPS) is 22.5. The third-order valence-electron chi connectivity index (χ3n) is 4.68. The number of piperidine rings is 1. The highest BCUT2D eigenvalue weighted by Crippen LogP contribution is 2.22. The molecular formula is C19H23FN2O4. The number of carbonyl (C=O) groups is 2. The number of hydrogen-bond donors (Lipinski definition) is 0. The molecule has 7 heteroatoms. The number of esters is 1. The number of benzene rings is 1. The lowest BCUT2D eigenvalue weighted by molar-refractivity contribution is -0.153. The number of oxime groups is 1. The van der Waals surface area contributed by atoms with Crippen molar-refractivity contribution in [2.45, 2.75) is 38.7 Å². The first-order valence-corrected chi connectivity index (χ1v) is 8.98. The fourth-order valence-corrected chi connectivity index (χ4v) is 3.33. The Labute approximate surface area is 151 Å². The first-order chi connectivity index (χ1) is 12.6. The van der Waals surface area contributed by atoms with Crippen LogP contribution in [0.3, 0.4) is 0 Å². The molecule has 1 fully saturated rings. The van der Waals surface area contributed by atoms with Gasteiger partial charge in [0, 0.05) is 25.9 Å². The number of likely N-dealkylation sites (tertiary alicyclic amines) is 1. The van der Waals surface area contributed by atoms with Gasteiger partial charge in [-0.2, -0.15) is 0 Å². The molecule has 0 unspecified atom stereocenters. The van der Waals surface area contributed by atoms with Gasteiger partial charge in [0.05, 0.1) is 18.2 Å². The Hall–Kier alpha value is -2.44. The van der Waals surface area contributed by atoms with Crippen molar-refractivity contribution in [1.82, 2.24) is 4.90 Å². The molecule has 3 rings (SSSR count). The average Bonchev–Trinajstić information content (AvgIpc) is 3.12. The number of halogens is 1. The van der Waals surface area contributed by atoms with Gasteiger partial charge >= 0.3 is 5.97 Å². The van der Waals surface area contributed by atoms with Crippen LogP contribution in [0, 0.1) is 11.7 Å². The molecule has 6 nitrogen and oxygen atoms in total. The van der Waals surface area contributed by atoms with Crippen LogP contribution in [0.1, 0.15) is 31.7 Å². The van der Waals surface area contributed by atoms with E-state index in [9.17, 15) is 14.0 Å². The van der Waals surface area contributed by atoms with E-state index < -0.39 is 6.10 Å². The van der Waals surface area contributed by atoms with Crippen LogP contribution in [0.2, 0.25) is 0 Å². The van der Waals surface area contributed by atoms with E-state index in [1.54, 1.807) is 24.0 Å². The second-order valence-electron chi connectivity index (χ2n) is 6.63. The number of hydrogen-bond acceptors (Lipinski definition) is 5. The van der Waals surface area contributed by atoms with Crippen LogP contribution < -0.4 is 0 Å². The minimum Gasteiger partial charge on any atom is -0.466 e. The van der Waals surface area contributed by atoms with E-state index in [4.69, 9.17) is 9.57 Å². The van der Waals surface area contributed by atoms with Gasteiger partial charge in [-0.05, 0) is 37.5 Å². The van der Waals surface area contributed by atoms with E-state index in [1.807, 2.05) is 0 Å². The Balaban J connectivity index is 1.53. The van der Waals surface area contributed by atoms with Crippen molar-refractivity contribution < 1.29 is 23.6 Å². The van der Waals surface area contributed by atoms with Crippen LogP contribution in [0.5, 0.6) is 0 Å². The van der Waals surface area contributed by atoms with Crippen molar-refractivity contribution in [2.75, 3.05) is 19.7 Å². The summed E-state index contributed by atoms with van der Waals surface area (Å²) in [5, 5.41) is 4.02. The lowest BCUT2D eigenvalue weighted by Gasteiger charge is -2.32. The third kappa shape index (κ3) is 4.39. The molecule has 0 saturated carbocycles. The van der Waals surface area contributed by atoms with Crippen LogP contribution in [-0.4, -0.2) is 48.3 Å². The smallest absolute Gasteiger partial charge is 0.310 e. The quantitative estimate of drug-likeness (QED) is 0.754. The summed E-state index contributed by atoms with van der Waals surface area (Å²) in [7, 11) is 0. The van der Waals surface area contributed by atoms with Gasteiger partial charge in [0.2, 0.25) is 6.10 Å². The first-order valence-electron chi connectivity index (χ1n) is 8.98.